The van der Waals surface area contributed by atoms with Crippen molar-refractivity contribution in [1.29, 1.82) is 0 Å². The van der Waals surface area contributed by atoms with Crippen molar-refractivity contribution in [2.24, 2.45) is 5.41 Å². The monoisotopic (exact) mass is 237 g/mol. The second kappa shape index (κ2) is 4.58. The highest BCUT2D eigenvalue weighted by molar-refractivity contribution is 7.17. The third kappa shape index (κ3) is 2.64. The van der Waals surface area contributed by atoms with Gasteiger partial charge in [0.1, 0.15) is 0 Å². The summed E-state index contributed by atoms with van der Waals surface area (Å²) in [7, 11) is 0. The van der Waals surface area contributed by atoms with Gasteiger partial charge in [-0.25, -0.2) is 0 Å². The van der Waals surface area contributed by atoms with Crippen LogP contribution in [0.4, 0.5) is 5.00 Å². The molecule has 3 heteroatoms. The number of nitrogens with zero attached hydrogens (tertiary/aromatic N) is 1. The van der Waals surface area contributed by atoms with Gasteiger partial charge in [0, 0.05) is 13.1 Å². The molecule has 0 radical (unpaired) electrons. The predicted molar refractivity (Wildman–Crippen MR) is 69.6 cm³/mol. The van der Waals surface area contributed by atoms with E-state index in [2.05, 4.69) is 24.8 Å². The number of carbonyl (C=O) groups excluding carboxylic acids is 1. The zero-order chi connectivity index (χ0) is 11.6. The van der Waals surface area contributed by atoms with E-state index in [-0.39, 0.29) is 0 Å². The Labute approximate surface area is 101 Å². The number of hydrogen-bond acceptors (Lipinski definition) is 3. The molecule has 1 aromatic rings. The highest BCUT2D eigenvalue weighted by atomic mass is 32.1. The van der Waals surface area contributed by atoms with Crippen LogP contribution in [0.5, 0.6) is 0 Å². The summed E-state index contributed by atoms with van der Waals surface area (Å²) < 4.78 is 0. The van der Waals surface area contributed by atoms with Crippen LogP contribution in [-0.4, -0.2) is 19.4 Å². The van der Waals surface area contributed by atoms with Gasteiger partial charge in [-0.2, -0.15) is 0 Å². The van der Waals surface area contributed by atoms with Crippen molar-refractivity contribution in [3.8, 4) is 0 Å². The number of hydrogen-bond donors (Lipinski definition) is 0. The number of rotatable bonds is 2. The molecule has 0 aromatic carbocycles. The maximum absolute atomic E-state index is 10.7. The van der Waals surface area contributed by atoms with Crippen molar-refractivity contribution in [3.63, 3.8) is 0 Å². The van der Waals surface area contributed by atoms with Crippen LogP contribution in [0, 0.1) is 5.41 Å². The first kappa shape index (κ1) is 11.6. The molecule has 1 aromatic heterocycles. The maximum atomic E-state index is 10.7. The van der Waals surface area contributed by atoms with Crippen molar-refractivity contribution in [1.82, 2.24) is 0 Å². The fourth-order valence-corrected chi connectivity index (χ4v) is 3.09. The van der Waals surface area contributed by atoms with Crippen LogP contribution in [0.2, 0.25) is 0 Å². The van der Waals surface area contributed by atoms with Gasteiger partial charge >= 0.3 is 0 Å². The predicted octanol–water partition coefficient (Wildman–Crippen LogP) is 3.58. The van der Waals surface area contributed by atoms with Crippen LogP contribution in [0.15, 0.2) is 12.1 Å². The molecule has 0 atom stereocenters. The molecule has 0 N–H and O–H groups in total. The maximum Gasteiger partial charge on any atom is 0.160 e. The summed E-state index contributed by atoms with van der Waals surface area (Å²) >= 11 is 1.61. The first-order valence-electron chi connectivity index (χ1n) is 5.91. The van der Waals surface area contributed by atoms with Gasteiger partial charge in [0.05, 0.1) is 9.88 Å². The summed E-state index contributed by atoms with van der Waals surface area (Å²) in [4.78, 5) is 13.9. The Hall–Kier alpha value is -0.830. The van der Waals surface area contributed by atoms with Crippen molar-refractivity contribution in [2.45, 2.75) is 33.1 Å². The lowest BCUT2D eigenvalue weighted by molar-refractivity contribution is 0.112. The minimum atomic E-state index is 0.472. The van der Waals surface area contributed by atoms with Gasteiger partial charge in [-0.1, -0.05) is 13.8 Å². The molecule has 2 nitrogen and oxygen atoms in total. The fourth-order valence-electron chi connectivity index (χ4n) is 2.22. The van der Waals surface area contributed by atoms with E-state index in [4.69, 9.17) is 0 Å². The molecule has 0 unspecified atom stereocenters. The quantitative estimate of drug-likeness (QED) is 0.733. The number of carbonyl (C=O) groups is 1. The average Bonchev–Trinajstić information content (AvgIpc) is 2.64. The second-order valence-corrected chi connectivity index (χ2v) is 6.39. The molecule has 2 rings (SSSR count). The van der Waals surface area contributed by atoms with Gasteiger partial charge in [0.2, 0.25) is 0 Å². The lowest BCUT2D eigenvalue weighted by Crippen LogP contribution is -2.23. The lowest BCUT2D eigenvalue weighted by Gasteiger charge is -2.23. The number of aldehydes is 1. The Balaban J connectivity index is 2.07. The smallest absolute Gasteiger partial charge is 0.160 e. The highest BCUT2D eigenvalue weighted by Crippen LogP contribution is 2.33. The second-order valence-electron chi connectivity index (χ2n) is 5.30. The van der Waals surface area contributed by atoms with Crippen LogP contribution in [0.25, 0.3) is 0 Å². The largest absolute Gasteiger partial charge is 0.363 e. The molecule has 1 aliphatic rings. The zero-order valence-electron chi connectivity index (χ0n) is 10.0. The van der Waals surface area contributed by atoms with Crippen LogP contribution in [0.3, 0.4) is 0 Å². The molecule has 1 aliphatic heterocycles. The normalized spacial score (nSPS) is 20.5. The van der Waals surface area contributed by atoms with E-state index < -0.39 is 0 Å². The molecule has 0 aliphatic carbocycles. The zero-order valence-corrected chi connectivity index (χ0v) is 10.8. The molecule has 0 bridgehead atoms. The molecule has 0 amide bonds. The van der Waals surface area contributed by atoms with Gasteiger partial charge in [-0.05, 0) is 36.8 Å². The minimum absolute atomic E-state index is 0.472. The van der Waals surface area contributed by atoms with Gasteiger partial charge in [0.15, 0.2) is 6.29 Å². The van der Waals surface area contributed by atoms with Crippen molar-refractivity contribution in [3.05, 3.63) is 17.0 Å². The summed E-state index contributed by atoms with van der Waals surface area (Å²) in [5.74, 6) is 0. The summed E-state index contributed by atoms with van der Waals surface area (Å²) in [5.41, 5.74) is 0.472. The van der Waals surface area contributed by atoms with E-state index in [1.807, 2.05) is 6.07 Å². The van der Waals surface area contributed by atoms with E-state index >= 15 is 0 Å². The first-order valence-corrected chi connectivity index (χ1v) is 6.72. The highest BCUT2D eigenvalue weighted by Gasteiger charge is 2.23. The molecule has 16 heavy (non-hydrogen) atoms. The Morgan fingerprint density at radius 1 is 1.31 bits per heavy atom. The molecule has 0 spiro atoms. The van der Waals surface area contributed by atoms with Gasteiger partial charge in [-0.15, -0.1) is 11.3 Å². The van der Waals surface area contributed by atoms with E-state index in [9.17, 15) is 4.79 Å². The Morgan fingerprint density at radius 3 is 2.81 bits per heavy atom. The van der Waals surface area contributed by atoms with Crippen LogP contribution >= 0.6 is 11.3 Å². The Kier molecular flexibility index (Phi) is 3.33. The molecule has 1 fully saturated rings. The van der Waals surface area contributed by atoms with Gasteiger partial charge in [0.25, 0.3) is 0 Å². The summed E-state index contributed by atoms with van der Waals surface area (Å²) in [6.07, 6.45) is 4.73. The number of anilines is 1. The molecular formula is C13H19NOS. The Bertz CT molecular complexity index is 370. The van der Waals surface area contributed by atoms with E-state index in [0.29, 0.717) is 5.41 Å². The SMILES string of the molecule is CC1(C)CCCN(c2ccc(C=O)s2)CC1. The van der Waals surface area contributed by atoms with Crippen molar-refractivity contribution < 1.29 is 4.79 Å². The summed E-state index contributed by atoms with van der Waals surface area (Å²) in [6.45, 7) is 6.94. The average molecular weight is 237 g/mol. The van der Waals surface area contributed by atoms with E-state index in [1.165, 1.54) is 24.3 Å². The summed E-state index contributed by atoms with van der Waals surface area (Å²) in [6, 6.07) is 4.00. The third-order valence-corrected chi connectivity index (χ3v) is 4.45. The van der Waals surface area contributed by atoms with E-state index in [0.717, 1.165) is 24.3 Å². The van der Waals surface area contributed by atoms with Crippen LogP contribution in [-0.2, 0) is 0 Å². The Morgan fingerprint density at radius 2 is 2.12 bits per heavy atom. The number of thiophene rings is 1. The lowest BCUT2D eigenvalue weighted by atomic mass is 9.85. The molecular weight excluding hydrogens is 218 g/mol. The van der Waals surface area contributed by atoms with Crippen LogP contribution < -0.4 is 4.90 Å². The topological polar surface area (TPSA) is 20.3 Å². The molecule has 1 saturated heterocycles. The summed E-state index contributed by atoms with van der Waals surface area (Å²) in [5, 5.41) is 1.25. The van der Waals surface area contributed by atoms with Crippen LogP contribution in [0.1, 0.15) is 42.8 Å². The minimum Gasteiger partial charge on any atom is -0.363 e. The van der Waals surface area contributed by atoms with Crippen molar-refractivity contribution >= 4 is 22.6 Å². The van der Waals surface area contributed by atoms with Gasteiger partial charge in [-0.3, -0.25) is 4.79 Å². The first-order chi connectivity index (χ1) is 7.61. The fraction of sp³-hybridized carbons (Fsp3) is 0.615. The van der Waals surface area contributed by atoms with E-state index in [1.54, 1.807) is 11.3 Å². The molecule has 0 saturated carbocycles. The molecule has 2 heterocycles. The standard InChI is InChI=1S/C13H19NOS/c1-13(2)6-3-8-14(9-7-13)12-5-4-11(10-15)16-12/h4-5,10H,3,6-9H2,1-2H3. The molecule has 88 valence electrons. The van der Waals surface area contributed by atoms with Crippen molar-refractivity contribution in [2.75, 3.05) is 18.0 Å². The third-order valence-electron chi connectivity index (χ3n) is 3.38. The van der Waals surface area contributed by atoms with Gasteiger partial charge < -0.3 is 4.90 Å².